The van der Waals surface area contributed by atoms with E-state index in [0.717, 1.165) is 21.3 Å². The van der Waals surface area contributed by atoms with Crippen LogP contribution >= 0.6 is 0 Å². The summed E-state index contributed by atoms with van der Waals surface area (Å²) in [5.74, 6) is -1.02. The topological polar surface area (TPSA) is 140 Å². The molecule has 0 bridgehead atoms. The van der Waals surface area contributed by atoms with Crippen molar-refractivity contribution >= 4 is 17.1 Å². The van der Waals surface area contributed by atoms with Gasteiger partial charge in [-0.25, -0.2) is 9.79 Å². The van der Waals surface area contributed by atoms with Crippen molar-refractivity contribution in [1.29, 1.82) is 0 Å². The van der Waals surface area contributed by atoms with E-state index in [-0.39, 0.29) is 22.6 Å². The smallest absolute Gasteiger partial charge is 0.333 e. The number of hydrogen-bond acceptors (Lipinski definition) is 7. The van der Waals surface area contributed by atoms with Gasteiger partial charge in [-0.3, -0.25) is 24.0 Å². The maximum absolute atomic E-state index is 12.2. The first-order valence-corrected chi connectivity index (χ1v) is 6.67. The molecule has 0 spiro atoms. The van der Waals surface area contributed by atoms with Crippen LogP contribution in [0.25, 0.3) is 0 Å². The van der Waals surface area contributed by atoms with Crippen LogP contribution < -0.4 is 11.2 Å². The van der Waals surface area contributed by atoms with Gasteiger partial charge in [0.15, 0.2) is 0 Å². The Kier molecular flexibility index (Phi) is 4.22. The number of nitrogens with zero attached hydrogens (tertiary/aromatic N) is 4. The van der Waals surface area contributed by atoms with Crippen LogP contribution in [0.4, 0.5) is 11.4 Å². The Morgan fingerprint density at radius 2 is 1.83 bits per heavy atom. The van der Waals surface area contributed by atoms with Gasteiger partial charge in [0.05, 0.1) is 16.7 Å². The molecule has 24 heavy (non-hydrogen) atoms. The van der Waals surface area contributed by atoms with Crippen molar-refractivity contribution < 1.29 is 15.1 Å². The van der Waals surface area contributed by atoms with Gasteiger partial charge in [-0.1, -0.05) is 0 Å². The molecule has 0 atom stereocenters. The van der Waals surface area contributed by atoms with Gasteiger partial charge in [-0.15, -0.1) is 0 Å². The number of phenols is 1. The van der Waals surface area contributed by atoms with E-state index in [1.54, 1.807) is 0 Å². The number of nitro benzene ring substituents is 1. The Balaban J connectivity index is 2.64. The van der Waals surface area contributed by atoms with Crippen LogP contribution in [-0.4, -0.2) is 30.0 Å². The third-order valence-corrected chi connectivity index (χ3v) is 3.45. The minimum atomic E-state index is -0.752. The molecule has 0 amide bonds. The highest BCUT2D eigenvalue weighted by molar-refractivity contribution is 6.02. The summed E-state index contributed by atoms with van der Waals surface area (Å²) in [5.41, 5.74) is -1.96. The molecule has 0 unspecified atom stereocenters. The molecule has 0 saturated heterocycles. The molecule has 2 N–H and O–H groups in total. The van der Waals surface area contributed by atoms with Gasteiger partial charge in [0.2, 0.25) is 5.88 Å². The van der Waals surface area contributed by atoms with Gasteiger partial charge in [0.1, 0.15) is 17.0 Å². The van der Waals surface area contributed by atoms with E-state index in [0.29, 0.717) is 0 Å². The summed E-state index contributed by atoms with van der Waals surface area (Å²) in [6, 6.07) is 3.27. The van der Waals surface area contributed by atoms with Crippen LogP contribution in [0.1, 0.15) is 12.5 Å². The number of phenolic OH excluding ortho intramolecular Hbond substituents is 1. The van der Waals surface area contributed by atoms with Crippen molar-refractivity contribution in [2.45, 2.75) is 6.92 Å². The lowest BCUT2D eigenvalue weighted by atomic mass is 10.2. The molecule has 1 heterocycles. The second-order valence-electron chi connectivity index (χ2n) is 5.03. The minimum Gasteiger partial charge on any atom is -0.505 e. The molecule has 10 nitrogen and oxygen atoms in total. The van der Waals surface area contributed by atoms with E-state index in [9.17, 15) is 29.9 Å². The van der Waals surface area contributed by atoms with Gasteiger partial charge in [-0.2, -0.15) is 0 Å². The van der Waals surface area contributed by atoms with Gasteiger partial charge in [0, 0.05) is 20.2 Å². The minimum absolute atomic E-state index is 0.0200. The first-order chi connectivity index (χ1) is 11.1. The fraction of sp³-hybridized carbons (Fsp3) is 0.214. The second kappa shape index (κ2) is 5.99. The zero-order valence-corrected chi connectivity index (χ0v) is 13.0. The van der Waals surface area contributed by atoms with Crippen LogP contribution in [0.3, 0.4) is 0 Å². The number of rotatable bonds is 3. The Hall–Kier alpha value is -3.43. The van der Waals surface area contributed by atoms with Gasteiger partial charge < -0.3 is 10.2 Å². The average Bonchev–Trinajstić information content (AvgIpc) is 2.53. The summed E-state index contributed by atoms with van der Waals surface area (Å²) in [6.45, 7) is 1.40. The summed E-state index contributed by atoms with van der Waals surface area (Å²) in [7, 11) is 2.54. The van der Waals surface area contributed by atoms with E-state index in [2.05, 4.69) is 4.99 Å². The molecular weight excluding hydrogens is 320 g/mol. The lowest BCUT2D eigenvalue weighted by Gasteiger charge is -2.10. The van der Waals surface area contributed by atoms with E-state index in [1.165, 1.54) is 27.1 Å². The molecule has 0 fully saturated rings. The van der Waals surface area contributed by atoms with Crippen molar-refractivity contribution in [2.24, 2.45) is 19.1 Å². The molecule has 0 aliphatic rings. The van der Waals surface area contributed by atoms with E-state index >= 15 is 0 Å². The molecule has 0 saturated carbocycles. The number of hydrogen-bond donors (Lipinski definition) is 2. The summed E-state index contributed by atoms with van der Waals surface area (Å²) >= 11 is 0. The van der Waals surface area contributed by atoms with Crippen molar-refractivity contribution in [1.82, 2.24) is 9.13 Å². The van der Waals surface area contributed by atoms with Crippen LogP contribution in [0.5, 0.6) is 11.6 Å². The van der Waals surface area contributed by atoms with Crippen LogP contribution in [0.15, 0.2) is 32.8 Å². The molecule has 126 valence electrons. The Morgan fingerprint density at radius 1 is 1.21 bits per heavy atom. The lowest BCUT2D eigenvalue weighted by Crippen LogP contribution is -2.39. The SMILES string of the molecule is CC(=Nc1ccc([N+](=O)[O-])cc1O)c1c(O)n(C)c(=O)n(C)c1=O. The molecule has 10 heteroatoms. The van der Waals surface area contributed by atoms with Crippen molar-refractivity contribution in [2.75, 3.05) is 0 Å². The highest BCUT2D eigenvalue weighted by atomic mass is 16.6. The molecule has 2 aromatic rings. The standard InChI is InChI=1S/C14H14N4O6/c1-7(11-12(20)16(2)14(22)17(3)13(11)21)15-9-5-4-8(18(23)24)6-10(9)19/h4-6,19-20H,1-3H3. The maximum atomic E-state index is 12.2. The fourth-order valence-corrected chi connectivity index (χ4v) is 2.11. The molecule has 0 radical (unpaired) electrons. The third kappa shape index (κ3) is 2.76. The quantitative estimate of drug-likeness (QED) is 0.477. The fourth-order valence-electron chi connectivity index (χ4n) is 2.11. The molecular formula is C14H14N4O6. The number of non-ortho nitro benzene ring substituents is 1. The average molecular weight is 334 g/mol. The van der Waals surface area contributed by atoms with E-state index in [1.807, 2.05) is 0 Å². The summed E-state index contributed by atoms with van der Waals surface area (Å²) in [6.07, 6.45) is 0. The highest BCUT2D eigenvalue weighted by Gasteiger charge is 2.18. The van der Waals surface area contributed by atoms with Crippen LogP contribution in [0, 0.1) is 10.1 Å². The monoisotopic (exact) mass is 334 g/mol. The normalized spacial score (nSPS) is 11.5. The van der Waals surface area contributed by atoms with Crippen LogP contribution in [-0.2, 0) is 14.1 Å². The molecule has 1 aromatic carbocycles. The molecule has 1 aromatic heterocycles. The molecule has 0 aliphatic heterocycles. The number of benzene rings is 1. The highest BCUT2D eigenvalue weighted by Crippen LogP contribution is 2.31. The first-order valence-electron chi connectivity index (χ1n) is 6.67. The van der Waals surface area contributed by atoms with Crippen molar-refractivity contribution in [3.63, 3.8) is 0 Å². The zero-order valence-electron chi connectivity index (χ0n) is 13.0. The number of nitro groups is 1. The first kappa shape index (κ1) is 16.9. The maximum Gasteiger partial charge on any atom is 0.333 e. The Labute approximate surface area is 134 Å². The van der Waals surface area contributed by atoms with Gasteiger partial charge in [0.25, 0.3) is 11.2 Å². The molecule has 2 rings (SSSR count). The predicted octanol–water partition coefficient (Wildman–Crippen LogP) is 0.544. The summed E-state index contributed by atoms with van der Waals surface area (Å²) in [5, 5.41) is 30.5. The zero-order chi connectivity index (χ0) is 18.2. The Bertz CT molecular complexity index is 986. The lowest BCUT2D eigenvalue weighted by molar-refractivity contribution is -0.384. The van der Waals surface area contributed by atoms with Crippen molar-refractivity contribution in [3.05, 3.63) is 54.7 Å². The number of aliphatic imine (C=N–C) groups is 1. The van der Waals surface area contributed by atoms with E-state index in [4.69, 9.17) is 0 Å². The Morgan fingerprint density at radius 3 is 2.38 bits per heavy atom. The van der Waals surface area contributed by atoms with Gasteiger partial charge >= 0.3 is 5.69 Å². The summed E-state index contributed by atoms with van der Waals surface area (Å²) < 4.78 is 1.69. The van der Waals surface area contributed by atoms with Gasteiger partial charge in [-0.05, 0) is 13.0 Å². The third-order valence-electron chi connectivity index (χ3n) is 3.45. The second-order valence-corrected chi connectivity index (χ2v) is 5.03. The van der Waals surface area contributed by atoms with E-state index < -0.39 is 27.8 Å². The summed E-state index contributed by atoms with van der Waals surface area (Å²) in [4.78, 5) is 37.9. The predicted molar refractivity (Wildman–Crippen MR) is 85.2 cm³/mol. The van der Waals surface area contributed by atoms with Crippen molar-refractivity contribution in [3.8, 4) is 11.6 Å². The number of aromatic hydroxyl groups is 2. The molecule has 0 aliphatic carbocycles. The number of aromatic nitrogens is 2. The largest absolute Gasteiger partial charge is 0.505 e. The van der Waals surface area contributed by atoms with Crippen LogP contribution in [0.2, 0.25) is 0 Å².